The summed E-state index contributed by atoms with van der Waals surface area (Å²) in [6, 6.07) is 12.9. The molecule has 1 fully saturated rings. The normalized spacial score (nSPS) is 17.6. The number of benzene rings is 2. The second kappa shape index (κ2) is 6.75. The molecule has 132 valence electrons. The molecule has 1 aliphatic heterocycles. The number of esters is 1. The molecule has 2 aromatic carbocycles. The molecule has 1 N–H and O–H groups in total. The molecule has 0 spiro atoms. The molecule has 2 aromatic rings. The lowest BCUT2D eigenvalue weighted by atomic mass is 10.1. The van der Waals surface area contributed by atoms with Crippen molar-refractivity contribution in [2.24, 2.45) is 0 Å². The second-order valence-corrected chi connectivity index (χ2v) is 7.34. The number of carbonyl (C=O) groups excluding carboxylic acids is 2. The van der Waals surface area contributed by atoms with Crippen LogP contribution >= 0.6 is 0 Å². The third-order valence-electron chi connectivity index (χ3n) is 4.22. The van der Waals surface area contributed by atoms with Gasteiger partial charge in [-0.1, -0.05) is 36.4 Å². The van der Waals surface area contributed by atoms with Crippen LogP contribution in [-0.4, -0.2) is 35.1 Å². The van der Waals surface area contributed by atoms with E-state index in [0.29, 0.717) is 13.0 Å². The number of nitrogens with one attached hydrogen (secondary N) is 1. The highest BCUT2D eigenvalue weighted by Gasteiger charge is 2.37. The summed E-state index contributed by atoms with van der Waals surface area (Å²) in [5.41, 5.74) is 0.190. The summed E-state index contributed by atoms with van der Waals surface area (Å²) in [7, 11) is 0. The van der Waals surface area contributed by atoms with E-state index < -0.39 is 11.6 Å². The average Bonchev–Trinajstić information content (AvgIpc) is 3.03. The highest BCUT2D eigenvalue weighted by Crippen LogP contribution is 2.26. The summed E-state index contributed by atoms with van der Waals surface area (Å²) in [5.74, 6) is -0.335. The van der Waals surface area contributed by atoms with E-state index in [0.717, 1.165) is 22.9 Å². The molecule has 2 amide bonds. The number of carbonyl (C=O) groups is 2. The van der Waals surface area contributed by atoms with Crippen molar-refractivity contribution in [3.63, 3.8) is 0 Å². The molecule has 0 aliphatic carbocycles. The van der Waals surface area contributed by atoms with Crippen molar-refractivity contribution < 1.29 is 14.3 Å². The summed E-state index contributed by atoms with van der Waals surface area (Å²) in [6.07, 6.45) is 1.44. The molecule has 3 rings (SSSR count). The standard InChI is InChI=1S/C20H24N2O3/c1-20(2,3)25-18(23)17-12-7-13-22(17)19(24)21-16-11-6-9-14-8-4-5-10-15(14)16/h4-6,8-11,17H,7,12-13H2,1-3H3,(H,21,24). The molecule has 1 unspecified atom stereocenters. The van der Waals surface area contributed by atoms with Crippen molar-refractivity contribution in [3.8, 4) is 0 Å². The molecule has 0 aromatic heterocycles. The number of anilines is 1. The monoisotopic (exact) mass is 340 g/mol. The third-order valence-corrected chi connectivity index (χ3v) is 4.22. The first-order chi connectivity index (χ1) is 11.8. The molecule has 25 heavy (non-hydrogen) atoms. The van der Waals surface area contributed by atoms with Gasteiger partial charge in [-0.15, -0.1) is 0 Å². The first-order valence-electron chi connectivity index (χ1n) is 8.63. The fourth-order valence-electron chi connectivity index (χ4n) is 3.15. The van der Waals surface area contributed by atoms with E-state index in [1.807, 2.05) is 63.2 Å². The van der Waals surface area contributed by atoms with Crippen LogP contribution in [0, 0.1) is 0 Å². The van der Waals surface area contributed by atoms with Crippen molar-refractivity contribution in [2.45, 2.75) is 45.3 Å². The largest absolute Gasteiger partial charge is 0.458 e. The lowest BCUT2D eigenvalue weighted by Crippen LogP contribution is -2.45. The SMILES string of the molecule is CC(C)(C)OC(=O)C1CCCN1C(=O)Nc1cccc2ccccc12. The maximum Gasteiger partial charge on any atom is 0.329 e. The molecule has 1 aliphatic rings. The van der Waals surface area contributed by atoms with Crippen LogP contribution in [0.4, 0.5) is 10.5 Å². The van der Waals surface area contributed by atoms with E-state index >= 15 is 0 Å². The summed E-state index contributed by atoms with van der Waals surface area (Å²) in [6.45, 7) is 6.06. The van der Waals surface area contributed by atoms with Gasteiger partial charge in [0.1, 0.15) is 11.6 Å². The summed E-state index contributed by atoms with van der Waals surface area (Å²) >= 11 is 0. The summed E-state index contributed by atoms with van der Waals surface area (Å²) in [5, 5.41) is 4.99. The van der Waals surface area contributed by atoms with Crippen LogP contribution in [0.25, 0.3) is 10.8 Å². The first kappa shape index (κ1) is 17.3. The topological polar surface area (TPSA) is 58.6 Å². The number of ether oxygens (including phenoxy) is 1. The molecule has 1 heterocycles. The Balaban J connectivity index is 1.77. The lowest BCUT2D eigenvalue weighted by Gasteiger charge is -2.27. The highest BCUT2D eigenvalue weighted by atomic mass is 16.6. The van der Waals surface area contributed by atoms with Gasteiger partial charge < -0.3 is 15.0 Å². The number of likely N-dealkylation sites (tertiary alicyclic amines) is 1. The Labute approximate surface area is 148 Å². The van der Waals surface area contributed by atoms with E-state index in [9.17, 15) is 9.59 Å². The molecule has 0 saturated carbocycles. The Morgan fingerprint density at radius 3 is 2.60 bits per heavy atom. The quantitative estimate of drug-likeness (QED) is 0.835. The van der Waals surface area contributed by atoms with Gasteiger partial charge in [-0.3, -0.25) is 0 Å². The molecule has 0 radical (unpaired) electrons. The van der Waals surface area contributed by atoms with Crippen LogP contribution in [0.2, 0.25) is 0 Å². The maximum absolute atomic E-state index is 12.7. The maximum atomic E-state index is 12.7. The van der Waals surface area contributed by atoms with Gasteiger partial charge in [-0.2, -0.15) is 0 Å². The molecule has 1 saturated heterocycles. The van der Waals surface area contributed by atoms with Crippen LogP contribution in [0.1, 0.15) is 33.6 Å². The zero-order valence-corrected chi connectivity index (χ0v) is 14.9. The number of amides is 2. The summed E-state index contributed by atoms with van der Waals surface area (Å²) in [4.78, 5) is 26.7. The molecular weight excluding hydrogens is 316 g/mol. The number of hydrogen-bond donors (Lipinski definition) is 1. The number of fused-ring (bicyclic) bond motifs is 1. The first-order valence-corrected chi connectivity index (χ1v) is 8.63. The van der Waals surface area contributed by atoms with Crippen LogP contribution in [-0.2, 0) is 9.53 Å². The molecule has 5 heteroatoms. The van der Waals surface area contributed by atoms with E-state index in [1.165, 1.54) is 0 Å². The molecule has 5 nitrogen and oxygen atoms in total. The summed E-state index contributed by atoms with van der Waals surface area (Å²) < 4.78 is 5.46. The van der Waals surface area contributed by atoms with Crippen molar-refractivity contribution in [3.05, 3.63) is 42.5 Å². The predicted octanol–water partition coefficient (Wildman–Crippen LogP) is 4.18. The van der Waals surface area contributed by atoms with Crippen molar-refractivity contribution in [1.29, 1.82) is 0 Å². The Kier molecular flexibility index (Phi) is 4.66. The van der Waals surface area contributed by atoms with Crippen LogP contribution in [0.15, 0.2) is 42.5 Å². The van der Waals surface area contributed by atoms with E-state index in [2.05, 4.69) is 5.32 Å². The van der Waals surface area contributed by atoms with Crippen molar-refractivity contribution in [1.82, 2.24) is 4.90 Å². The van der Waals surface area contributed by atoms with Gasteiger partial charge in [-0.25, -0.2) is 9.59 Å². The van der Waals surface area contributed by atoms with Gasteiger partial charge in [0, 0.05) is 11.9 Å². The van der Waals surface area contributed by atoms with Gasteiger partial charge in [0.05, 0.1) is 5.69 Å². The van der Waals surface area contributed by atoms with Crippen LogP contribution < -0.4 is 5.32 Å². The fraction of sp³-hybridized carbons (Fsp3) is 0.400. The Hall–Kier alpha value is -2.56. The van der Waals surface area contributed by atoms with Crippen LogP contribution in [0.5, 0.6) is 0 Å². The van der Waals surface area contributed by atoms with Gasteiger partial charge in [0.25, 0.3) is 0 Å². The molecule has 0 bridgehead atoms. The number of nitrogens with zero attached hydrogens (tertiary/aromatic N) is 1. The average molecular weight is 340 g/mol. The zero-order chi connectivity index (χ0) is 18.0. The Morgan fingerprint density at radius 1 is 1.12 bits per heavy atom. The van der Waals surface area contributed by atoms with Gasteiger partial charge in [0.2, 0.25) is 0 Å². The molecule has 1 atom stereocenters. The number of urea groups is 1. The van der Waals surface area contributed by atoms with Crippen molar-refractivity contribution in [2.75, 3.05) is 11.9 Å². The van der Waals surface area contributed by atoms with Crippen molar-refractivity contribution >= 4 is 28.5 Å². The predicted molar refractivity (Wildman–Crippen MR) is 98.5 cm³/mol. The minimum absolute atomic E-state index is 0.260. The minimum Gasteiger partial charge on any atom is -0.458 e. The third kappa shape index (κ3) is 3.92. The minimum atomic E-state index is -0.558. The van der Waals surface area contributed by atoms with Gasteiger partial charge in [-0.05, 0) is 45.1 Å². The van der Waals surface area contributed by atoms with Gasteiger partial charge in [0.15, 0.2) is 0 Å². The second-order valence-electron chi connectivity index (χ2n) is 7.34. The molecular formula is C20H24N2O3. The Morgan fingerprint density at radius 2 is 1.84 bits per heavy atom. The Bertz CT molecular complexity index is 790. The smallest absolute Gasteiger partial charge is 0.329 e. The fourth-order valence-corrected chi connectivity index (χ4v) is 3.15. The number of rotatable bonds is 2. The van der Waals surface area contributed by atoms with E-state index in [1.54, 1.807) is 4.90 Å². The van der Waals surface area contributed by atoms with Gasteiger partial charge >= 0.3 is 12.0 Å². The van der Waals surface area contributed by atoms with E-state index in [-0.39, 0.29) is 12.0 Å². The number of hydrogen-bond acceptors (Lipinski definition) is 3. The lowest BCUT2D eigenvalue weighted by molar-refractivity contribution is -0.159. The van der Waals surface area contributed by atoms with E-state index in [4.69, 9.17) is 4.74 Å². The van der Waals surface area contributed by atoms with Crippen LogP contribution in [0.3, 0.4) is 0 Å². The zero-order valence-electron chi connectivity index (χ0n) is 14.9. The highest BCUT2D eigenvalue weighted by molar-refractivity contribution is 6.02.